The molecule has 3 aromatic carbocycles. The molecule has 2 unspecified atom stereocenters. The highest BCUT2D eigenvalue weighted by molar-refractivity contribution is 6.00. The highest BCUT2D eigenvalue weighted by Gasteiger charge is 2.36. The summed E-state index contributed by atoms with van der Waals surface area (Å²) in [5, 5.41) is 27.7. The second kappa shape index (κ2) is 12.2. The number of nitrogens with one attached hydrogen (secondary N) is 2. The molecule has 3 aromatic rings. The lowest BCUT2D eigenvalue weighted by atomic mass is 10.0. The summed E-state index contributed by atoms with van der Waals surface area (Å²) in [6.07, 6.45) is 0.513. The minimum atomic E-state index is -1.41. The number of hydrogen-bond donors (Lipinski definition) is 4. The Labute approximate surface area is 221 Å². The fraction of sp³-hybridized carbons (Fsp3) is 0.276. The summed E-state index contributed by atoms with van der Waals surface area (Å²) < 4.78 is 5.21. The van der Waals surface area contributed by atoms with Gasteiger partial charge in [-0.3, -0.25) is 9.59 Å². The molecule has 0 saturated heterocycles. The molecule has 0 bridgehead atoms. The van der Waals surface area contributed by atoms with Gasteiger partial charge in [-0.05, 0) is 49.7 Å². The van der Waals surface area contributed by atoms with Crippen molar-refractivity contribution < 1.29 is 29.3 Å². The van der Waals surface area contributed by atoms with Crippen molar-refractivity contribution >= 4 is 34.4 Å². The maximum Gasteiger partial charge on any atom is 0.408 e. The Morgan fingerprint density at radius 1 is 1.03 bits per heavy atom. The van der Waals surface area contributed by atoms with Crippen LogP contribution in [0.25, 0.3) is 10.8 Å². The number of aliphatic hydroxyl groups excluding tert-OH is 1. The lowest BCUT2D eigenvalue weighted by Gasteiger charge is -2.33. The van der Waals surface area contributed by atoms with E-state index in [4.69, 9.17) is 4.74 Å². The zero-order valence-corrected chi connectivity index (χ0v) is 21.7. The second-order valence-corrected chi connectivity index (χ2v) is 9.67. The Balaban J connectivity index is 1.97. The van der Waals surface area contributed by atoms with Gasteiger partial charge in [-0.15, -0.1) is 6.58 Å². The van der Waals surface area contributed by atoms with Gasteiger partial charge in [-0.25, -0.2) is 4.79 Å². The first-order chi connectivity index (χ1) is 18.0. The zero-order chi connectivity index (χ0) is 27.9. The predicted octanol–water partition coefficient (Wildman–Crippen LogP) is 4.13. The number of hydrogen-bond acceptors (Lipinski definition) is 6. The van der Waals surface area contributed by atoms with Crippen LogP contribution in [0.2, 0.25) is 0 Å². The molecule has 9 heteroatoms. The minimum absolute atomic E-state index is 0.116. The van der Waals surface area contributed by atoms with Crippen LogP contribution in [0.3, 0.4) is 0 Å². The van der Waals surface area contributed by atoms with Gasteiger partial charge < -0.3 is 30.5 Å². The first-order valence-electron chi connectivity index (χ1n) is 12.1. The Morgan fingerprint density at radius 2 is 1.68 bits per heavy atom. The fourth-order valence-electron chi connectivity index (χ4n) is 3.94. The minimum Gasteiger partial charge on any atom is -0.508 e. The number of rotatable bonds is 9. The van der Waals surface area contributed by atoms with Gasteiger partial charge in [0.15, 0.2) is 0 Å². The summed E-state index contributed by atoms with van der Waals surface area (Å²) >= 11 is 0. The summed E-state index contributed by atoms with van der Waals surface area (Å²) in [6, 6.07) is 16.5. The van der Waals surface area contributed by atoms with E-state index in [0.29, 0.717) is 5.69 Å². The van der Waals surface area contributed by atoms with Crippen LogP contribution in [0.4, 0.5) is 10.5 Å². The third-order valence-corrected chi connectivity index (χ3v) is 5.59. The number of benzene rings is 3. The Morgan fingerprint density at radius 3 is 2.32 bits per heavy atom. The van der Waals surface area contributed by atoms with E-state index in [9.17, 15) is 24.6 Å². The molecule has 2 atom stereocenters. The summed E-state index contributed by atoms with van der Waals surface area (Å²) in [4.78, 5) is 40.8. The maximum absolute atomic E-state index is 13.7. The SMILES string of the molecule is C=CCN(C(=O)C(CO)NC(=O)OC(C)(C)C)C(C(=O)Nc1ccc2ccccc2c1)c1ccccc1O. The summed E-state index contributed by atoms with van der Waals surface area (Å²) in [5.74, 6) is -1.57. The lowest BCUT2D eigenvalue weighted by molar-refractivity contribution is -0.141. The normalized spacial score (nSPS) is 12.7. The molecule has 0 spiro atoms. The van der Waals surface area contributed by atoms with Crippen molar-refractivity contribution in [2.45, 2.75) is 38.5 Å². The highest BCUT2D eigenvalue weighted by atomic mass is 16.6. The number of para-hydroxylation sites is 1. The number of aliphatic hydroxyl groups is 1. The van der Waals surface area contributed by atoms with E-state index in [0.717, 1.165) is 15.7 Å². The highest BCUT2D eigenvalue weighted by Crippen LogP contribution is 2.31. The van der Waals surface area contributed by atoms with E-state index in [1.165, 1.54) is 18.2 Å². The molecule has 3 amide bonds. The molecule has 0 radical (unpaired) electrons. The van der Waals surface area contributed by atoms with Crippen LogP contribution in [0.15, 0.2) is 79.4 Å². The van der Waals surface area contributed by atoms with E-state index in [2.05, 4.69) is 17.2 Å². The molecule has 200 valence electrons. The topological polar surface area (TPSA) is 128 Å². The summed E-state index contributed by atoms with van der Waals surface area (Å²) in [6.45, 7) is 7.82. The molecule has 4 N–H and O–H groups in total. The Kier molecular flexibility index (Phi) is 9.09. The van der Waals surface area contributed by atoms with Gasteiger partial charge >= 0.3 is 6.09 Å². The largest absolute Gasteiger partial charge is 0.508 e. The van der Waals surface area contributed by atoms with Crippen molar-refractivity contribution in [1.29, 1.82) is 0 Å². The number of aromatic hydroxyl groups is 1. The van der Waals surface area contributed by atoms with Gasteiger partial charge in [0.1, 0.15) is 23.4 Å². The van der Waals surface area contributed by atoms with Gasteiger partial charge in [-0.2, -0.15) is 0 Å². The summed E-state index contributed by atoms with van der Waals surface area (Å²) in [7, 11) is 0. The van der Waals surface area contributed by atoms with Gasteiger partial charge in [0.25, 0.3) is 5.91 Å². The number of alkyl carbamates (subject to hydrolysis) is 1. The van der Waals surface area contributed by atoms with Gasteiger partial charge in [0, 0.05) is 17.8 Å². The smallest absolute Gasteiger partial charge is 0.408 e. The molecule has 0 aliphatic rings. The van der Waals surface area contributed by atoms with Crippen LogP contribution in [0.1, 0.15) is 32.4 Å². The predicted molar refractivity (Wildman–Crippen MR) is 146 cm³/mol. The van der Waals surface area contributed by atoms with Gasteiger partial charge in [-0.1, -0.05) is 54.6 Å². The molecule has 0 aromatic heterocycles. The molecular formula is C29H33N3O6. The van der Waals surface area contributed by atoms with Crippen LogP contribution in [-0.2, 0) is 14.3 Å². The number of carbonyl (C=O) groups is 3. The number of fused-ring (bicyclic) bond motifs is 1. The van der Waals surface area contributed by atoms with Crippen molar-refractivity contribution in [3.05, 3.63) is 84.9 Å². The Hall–Kier alpha value is -4.37. The molecule has 38 heavy (non-hydrogen) atoms. The molecule has 3 rings (SSSR count). The van der Waals surface area contributed by atoms with Gasteiger partial charge in [0.2, 0.25) is 5.91 Å². The van der Waals surface area contributed by atoms with E-state index in [1.54, 1.807) is 45.0 Å². The van der Waals surface area contributed by atoms with Crippen molar-refractivity contribution in [3.63, 3.8) is 0 Å². The molecule has 0 heterocycles. The molecular weight excluding hydrogens is 486 g/mol. The molecule has 0 saturated carbocycles. The van der Waals surface area contributed by atoms with E-state index >= 15 is 0 Å². The van der Waals surface area contributed by atoms with Crippen LogP contribution in [0.5, 0.6) is 5.75 Å². The maximum atomic E-state index is 13.7. The average Bonchev–Trinajstić information content (AvgIpc) is 2.86. The molecule has 9 nitrogen and oxygen atoms in total. The first-order valence-corrected chi connectivity index (χ1v) is 12.1. The van der Waals surface area contributed by atoms with Crippen molar-refractivity contribution in [2.24, 2.45) is 0 Å². The third-order valence-electron chi connectivity index (χ3n) is 5.59. The third kappa shape index (κ3) is 7.10. The quantitative estimate of drug-likeness (QED) is 0.315. The van der Waals surface area contributed by atoms with Crippen LogP contribution in [-0.4, -0.2) is 57.8 Å². The zero-order valence-electron chi connectivity index (χ0n) is 21.7. The van der Waals surface area contributed by atoms with Crippen molar-refractivity contribution in [1.82, 2.24) is 10.2 Å². The lowest BCUT2D eigenvalue weighted by Crippen LogP contribution is -2.53. The standard InChI is InChI=1S/C29H33N3O6/c1-5-16-32(27(36)23(18-33)31-28(37)38-29(2,3)4)25(22-12-8-9-13-24(22)34)26(35)30-21-15-14-19-10-6-7-11-20(19)17-21/h5-15,17,23,25,33-34H,1,16,18H2,2-4H3,(H,30,35)(H,31,37). The second-order valence-electron chi connectivity index (χ2n) is 9.67. The van der Waals surface area contributed by atoms with Crippen molar-refractivity contribution in [3.8, 4) is 5.75 Å². The number of phenols is 1. The number of anilines is 1. The van der Waals surface area contributed by atoms with Gasteiger partial charge in [0.05, 0.1) is 6.61 Å². The number of phenolic OH excluding ortho intramolecular Hbond substituents is 1. The van der Waals surface area contributed by atoms with E-state index in [-0.39, 0.29) is 17.9 Å². The van der Waals surface area contributed by atoms with Crippen molar-refractivity contribution in [2.75, 3.05) is 18.5 Å². The monoisotopic (exact) mass is 519 g/mol. The average molecular weight is 520 g/mol. The van der Waals surface area contributed by atoms with E-state index in [1.807, 2.05) is 30.3 Å². The van der Waals surface area contributed by atoms with E-state index < -0.39 is 42.2 Å². The van der Waals surface area contributed by atoms with Crippen LogP contribution in [0, 0.1) is 0 Å². The van der Waals surface area contributed by atoms with Crippen LogP contribution < -0.4 is 10.6 Å². The number of ether oxygens (including phenoxy) is 1. The number of carbonyl (C=O) groups excluding carboxylic acids is 3. The number of nitrogens with zero attached hydrogens (tertiary/aromatic N) is 1. The number of amides is 3. The van der Waals surface area contributed by atoms with Crippen LogP contribution >= 0.6 is 0 Å². The molecule has 0 aliphatic heterocycles. The first kappa shape index (κ1) is 28.2. The summed E-state index contributed by atoms with van der Waals surface area (Å²) in [5.41, 5.74) is -0.174. The fourth-order valence-corrected chi connectivity index (χ4v) is 3.94. The molecule has 0 aliphatic carbocycles. The molecule has 0 fully saturated rings. The Bertz CT molecular complexity index is 1320.